The molecule has 0 aliphatic carbocycles. The first-order valence-corrected chi connectivity index (χ1v) is 7.64. The van der Waals surface area contributed by atoms with E-state index in [9.17, 15) is 4.79 Å². The van der Waals surface area contributed by atoms with E-state index < -0.39 is 0 Å². The Morgan fingerprint density at radius 3 is 2.60 bits per heavy atom. The topological polar surface area (TPSA) is 20.3 Å². The van der Waals surface area contributed by atoms with Gasteiger partial charge in [-0.25, -0.2) is 0 Å². The van der Waals surface area contributed by atoms with Crippen LogP contribution in [0.25, 0.3) is 0 Å². The minimum absolute atomic E-state index is 0.0650. The van der Waals surface area contributed by atoms with Gasteiger partial charge < -0.3 is 4.90 Å². The van der Waals surface area contributed by atoms with Crippen LogP contribution in [0.4, 0.5) is 5.69 Å². The molecule has 1 amide bonds. The number of rotatable bonds is 3. The van der Waals surface area contributed by atoms with Crippen molar-refractivity contribution >= 4 is 27.5 Å². The van der Waals surface area contributed by atoms with E-state index in [0.717, 1.165) is 28.7 Å². The molecule has 3 rings (SSSR count). The highest BCUT2D eigenvalue weighted by atomic mass is 79.9. The summed E-state index contributed by atoms with van der Waals surface area (Å²) in [6, 6.07) is 16.3. The SMILES string of the molecule is CCN1C(=O)[C@H](Cc2ccccc2)c2cc(Br)ccc21. The molecule has 2 aromatic rings. The molecule has 0 radical (unpaired) electrons. The highest BCUT2D eigenvalue weighted by Crippen LogP contribution is 2.40. The molecule has 0 spiro atoms. The van der Waals surface area contributed by atoms with Gasteiger partial charge >= 0.3 is 0 Å². The molecule has 0 N–H and O–H groups in total. The Bertz CT molecular complexity index is 639. The summed E-state index contributed by atoms with van der Waals surface area (Å²) in [4.78, 5) is 14.5. The van der Waals surface area contributed by atoms with Crippen molar-refractivity contribution in [3.05, 3.63) is 64.1 Å². The van der Waals surface area contributed by atoms with Gasteiger partial charge in [0.15, 0.2) is 0 Å². The maximum absolute atomic E-state index is 12.6. The first-order valence-electron chi connectivity index (χ1n) is 6.85. The number of amides is 1. The quantitative estimate of drug-likeness (QED) is 0.828. The van der Waals surface area contributed by atoms with Crippen molar-refractivity contribution in [1.29, 1.82) is 0 Å². The van der Waals surface area contributed by atoms with Gasteiger partial charge in [-0.1, -0.05) is 46.3 Å². The fourth-order valence-electron chi connectivity index (χ4n) is 2.86. The lowest BCUT2D eigenvalue weighted by Gasteiger charge is -2.15. The van der Waals surface area contributed by atoms with E-state index in [2.05, 4.69) is 34.1 Å². The third kappa shape index (κ3) is 2.27. The monoisotopic (exact) mass is 329 g/mol. The lowest BCUT2D eigenvalue weighted by molar-refractivity contribution is -0.119. The molecule has 1 aliphatic heterocycles. The number of likely N-dealkylation sites (N-methyl/N-ethyl adjacent to an activating group) is 1. The van der Waals surface area contributed by atoms with Crippen LogP contribution < -0.4 is 4.90 Å². The zero-order chi connectivity index (χ0) is 14.1. The normalized spacial score (nSPS) is 17.4. The summed E-state index contributed by atoms with van der Waals surface area (Å²) in [5.74, 6) is 0.148. The van der Waals surface area contributed by atoms with E-state index in [1.165, 1.54) is 5.56 Å². The van der Waals surface area contributed by atoms with Crippen molar-refractivity contribution in [2.75, 3.05) is 11.4 Å². The maximum atomic E-state index is 12.6. The molecule has 0 unspecified atom stereocenters. The molecule has 20 heavy (non-hydrogen) atoms. The largest absolute Gasteiger partial charge is 0.312 e. The van der Waals surface area contributed by atoms with Gasteiger partial charge in [0.05, 0.1) is 5.92 Å². The maximum Gasteiger partial charge on any atom is 0.234 e. The highest BCUT2D eigenvalue weighted by Gasteiger charge is 2.36. The van der Waals surface area contributed by atoms with Crippen LogP contribution in [0.5, 0.6) is 0 Å². The summed E-state index contributed by atoms with van der Waals surface area (Å²) in [5, 5.41) is 0. The van der Waals surface area contributed by atoms with Crippen molar-refractivity contribution in [2.24, 2.45) is 0 Å². The average molecular weight is 330 g/mol. The van der Waals surface area contributed by atoms with E-state index >= 15 is 0 Å². The van der Waals surface area contributed by atoms with Crippen LogP contribution in [0, 0.1) is 0 Å². The summed E-state index contributed by atoms with van der Waals surface area (Å²) in [6.07, 6.45) is 0.764. The summed E-state index contributed by atoms with van der Waals surface area (Å²) >= 11 is 3.51. The molecule has 1 heterocycles. The molecule has 0 saturated heterocycles. The highest BCUT2D eigenvalue weighted by molar-refractivity contribution is 9.10. The van der Waals surface area contributed by atoms with Gasteiger partial charge in [-0.15, -0.1) is 0 Å². The Kier molecular flexibility index (Phi) is 3.62. The predicted molar refractivity (Wildman–Crippen MR) is 85.1 cm³/mol. The molecule has 2 aromatic carbocycles. The Hall–Kier alpha value is -1.61. The molecular formula is C17H16BrNO. The number of carbonyl (C=O) groups is 1. The van der Waals surface area contributed by atoms with E-state index in [0.29, 0.717) is 0 Å². The number of anilines is 1. The van der Waals surface area contributed by atoms with Crippen LogP contribution in [0.3, 0.4) is 0 Å². The third-order valence-corrected chi connectivity index (χ3v) is 4.31. The van der Waals surface area contributed by atoms with E-state index in [1.54, 1.807) is 0 Å². The van der Waals surface area contributed by atoms with Gasteiger partial charge in [0.25, 0.3) is 0 Å². The van der Waals surface area contributed by atoms with E-state index in [4.69, 9.17) is 0 Å². The van der Waals surface area contributed by atoms with Gasteiger partial charge in [0.1, 0.15) is 0 Å². The van der Waals surface area contributed by atoms with Gasteiger partial charge in [-0.3, -0.25) is 4.79 Å². The molecule has 0 fully saturated rings. The number of hydrogen-bond donors (Lipinski definition) is 0. The van der Waals surface area contributed by atoms with Crippen LogP contribution in [0.2, 0.25) is 0 Å². The second-order valence-electron chi connectivity index (χ2n) is 5.03. The van der Waals surface area contributed by atoms with Crippen molar-refractivity contribution in [3.8, 4) is 0 Å². The van der Waals surface area contributed by atoms with E-state index in [1.807, 2.05) is 42.2 Å². The molecule has 1 atom stereocenters. The number of hydrogen-bond acceptors (Lipinski definition) is 1. The average Bonchev–Trinajstić information content (AvgIpc) is 2.72. The number of fused-ring (bicyclic) bond motifs is 1. The van der Waals surface area contributed by atoms with Gasteiger partial charge in [-0.05, 0) is 42.7 Å². The third-order valence-electron chi connectivity index (χ3n) is 3.82. The van der Waals surface area contributed by atoms with Crippen molar-refractivity contribution in [3.63, 3.8) is 0 Å². The molecule has 0 bridgehead atoms. The van der Waals surface area contributed by atoms with Crippen molar-refractivity contribution < 1.29 is 4.79 Å². The van der Waals surface area contributed by atoms with E-state index in [-0.39, 0.29) is 11.8 Å². The lowest BCUT2D eigenvalue weighted by atomic mass is 9.93. The van der Waals surface area contributed by atoms with Gasteiger partial charge in [-0.2, -0.15) is 0 Å². The molecule has 0 saturated carbocycles. The number of benzene rings is 2. The van der Waals surface area contributed by atoms with Crippen LogP contribution >= 0.6 is 15.9 Å². The number of carbonyl (C=O) groups excluding carboxylic acids is 1. The van der Waals surface area contributed by atoms with Gasteiger partial charge in [0, 0.05) is 16.7 Å². The van der Waals surface area contributed by atoms with Crippen LogP contribution in [0.15, 0.2) is 53.0 Å². The standard InChI is InChI=1S/C17H16BrNO/c1-2-19-16-9-8-13(18)11-14(16)15(17(19)20)10-12-6-4-3-5-7-12/h3-9,11,15H,2,10H2,1H3/t15-/m1/s1. The predicted octanol–water partition coefficient (Wildman–Crippen LogP) is 4.14. The fraction of sp³-hybridized carbons (Fsp3) is 0.235. The van der Waals surface area contributed by atoms with Gasteiger partial charge in [0.2, 0.25) is 5.91 Å². The zero-order valence-corrected chi connectivity index (χ0v) is 12.9. The summed E-state index contributed by atoms with van der Waals surface area (Å²) < 4.78 is 1.03. The number of halogens is 1. The van der Waals surface area contributed by atoms with Crippen molar-refractivity contribution in [2.45, 2.75) is 19.3 Å². The molecular weight excluding hydrogens is 314 g/mol. The van der Waals surface area contributed by atoms with Crippen LogP contribution in [-0.2, 0) is 11.2 Å². The Labute approximate surface area is 127 Å². The molecule has 2 nitrogen and oxygen atoms in total. The Balaban J connectivity index is 2.00. The molecule has 102 valence electrons. The Morgan fingerprint density at radius 1 is 1.15 bits per heavy atom. The second kappa shape index (κ2) is 5.41. The summed E-state index contributed by atoms with van der Waals surface area (Å²) in [5.41, 5.74) is 3.39. The number of nitrogens with zero attached hydrogens (tertiary/aromatic N) is 1. The first-order chi connectivity index (χ1) is 9.70. The molecule has 1 aliphatic rings. The Morgan fingerprint density at radius 2 is 1.90 bits per heavy atom. The zero-order valence-electron chi connectivity index (χ0n) is 11.3. The molecule has 3 heteroatoms. The lowest BCUT2D eigenvalue weighted by Crippen LogP contribution is -2.29. The molecule has 0 aromatic heterocycles. The fourth-order valence-corrected chi connectivity index (χ4v) is 3.24. The second-order valence-corrected chi connectivity index (χ2v) is 5.94. The van der Waals surface area contributed by atoms with Crippen LogP contribution in [0.1, 0.15) is 24.0 Å². The first kappa shape index (κ1) is 13.4. The summed E-state index contributed by atoms with van der Waals surface area (Å²) in [6.45, 7) is 2.74. The van der Waals surface area contributed by atoms with Crippen molar-refractivity contribution in [1.82, 2.24) is 0 Å². The summed E-state index contributed by atoms with van der Waals surface area (Å²) in [7, 11) is 0. The smallest absolute Gasteiger partial charge is 0.234 e. The minimum Gasteiger partial charge on any atom is -0.312 e. The van der Waals surface area contributed by atoms with Crippen LogP contribution in [-0.4, -0.2) is 12.5 Å². The minimum atomic E-state index is -0.0650.